The van der Waals surface area contributed by atoms with E-state index in [4.69, 9.17) is 4.74 Å². The van der Waals surface area contributed by atoms with E-state index in [1.54, 1.807) is 19.2 Å². The van der Waals surface area contributed by atoms with Gasteiger partial charge in [-0.1, -0.05) is 12.5 Å². The molecule has 2 saturated heterocycles. The first kappa shape index (κ1) is 13.4. The van der Waals surface area contributed by atoms with Crippen LogP contribution in [-0.4, -0.2) is 24.3 Å². The average molecular weight is 272 g/mol. The highest BCUT2D eigenvalue weighted by Crippen LogP contribution is 2.40. The van der Waals surface area contributed by atoms with E-state index < -0.39 is 5.60 Å². The number of aliphatic hydroxyl groups is 1. The molecule has 0 aromatic heterocycles. The van der Waals surface area contributed by atoms with Gasteiger partial charge in [0.05, 0.1) is 18.3 Å². The summed E-state index contributed by atoms with van der Waals surface area (Å²) in [6.45, 7) is 0. The van der Waals surface area contributed by atoms with Crippen LogP contribution in [0.4, 0.5) is 0 Å². The van der Waals surface area contributed by atoms with Crippen molar-refractivity contribution in [2.75, 3.05) is 7.11 Å². The van der Waals surface area contributed by atoms with Gasteiger partial charge in [0.25, 0.3) is 0 Å². The summed E-state index contributed by atoms with van der Waals surface area (Å²) < 4.78 is 5.17. The Labute approximate surface area is 119 Å². The Balaban J connectivity index is 1.93. The maximum absolute atomic E-state index is 11.0. The minimum atomic E-state index is -0.821. The standard InChI is InChI=1S/C16H20N2O2/c1-20-15-6-5-12(7-11(15)10-17)16(19)8-13-3-2-4-14(9-16)18-13/h5-7,13-14,18-19H,2-4,8-9H2,1H3. The highest BCUT2D eigenvalue weighted by atomic mass is 16.5. The van der Waals surface area contributed by atoms with Gasteiger partial charge < -0.3 is 15.2 Å². The first-order valence-electron chi connectivity index (χ1n) is 7.22. The van der Waals surface area contributed by atoms with Gasteiger partial charge in [0, 0.05) is 12.1 Å². The molecule has 2 bridgehead atoms. The monoisotopic (exact) mass is 272 g/mol. The van der Waals surface area contributed by atoms with Crippen molar-refractivity contribution in [1.82, 2.24) is 5.32 Å². The Hall–Kier alpha value is -1.57. The van der Waals surface area contributed by atoms with E-state index in [-0.39, 0.29) is 0 Å². The van der Waals surface area contributed by atoms with Crippen LogP contribution in [0.1, 0.15) is 43.2 Å². The van der Waals surface area contributed by atoms with Gasteiger partial charge in [-0.05, 0) is 43.4 Å². The maximum Gasteiger partial charge on any atom is 0.136 e. The molecule has 106 valence electrons. The highest BCUT2D eigenvalue weighted by molar-refractivity contribution is 5.47. The van der Waals surface area contributed by atoms with Gasteiger partial charge >= 0.3 is 0 Å². The van der Waals surface area contributed by atoms with Crippen LogP contribution < -0.4 is 10.1 Å². The molecule has 2 aliphatic rings. The fraction of sp³-hybridized carbons (Fsp3) is 0.562. The van der Waals surface area contributed by atoms with Crippen molar-refractivity contribution in [2.45, 2.75) is 49.8 Å². The molecule has 0 radical (unpaired) electrons. The van der Waals surface area contributed by atoms with Gasteiger partial charge in [0.2, 0.25) is 0 Å². The molecule has 2 fully saturated rings. The lowest BCUT2D eigenvalue weighted by molar-refractivity contribution is -0.0359. The van der Waals surface area contributed by atoms with Gasteiger partial charge in [-0.25, -0.2) is 0 Å². The maximum atomic E-state index is 11.0. The van der Waals surface area contributed by atoms with Crippen LogP contribution in [0.3, 0.4) is 0 Å². The van der Waals surface area contributed by atoms with Gasteiger partial charge in [-0.3, -0.25) is 0 Å². The van der Waals surface area contributed by atoms with Crippen LogP contribution in [-0.2, 0) is 5.60 Å². The van der Waals surface area contributed by atoms with Crippen molar-refractivity contribution in [2.24, 2.45) is 0 Å². The number of benzene rings is 1. The van der Waals surface area contributed by atoms with Crippen LogP contribution in [0.25, 0.3) is 0 Å². The molecule has 1 aromatic rings. The van der Waals surface area contributed by atoms with E-state index in [1.807, 2.05) is 6.07 Å². The zero-order valence-electron chi connectivity index (χ0n) is 11.7. The second-order valence-electron chi connectivity index (χ2n) is 5.96. The summed E-state index contributed by atoms with van der Waals surface area (Å²) in [6.07, 6.45) is 4.94. The summed E-state index contributed by atoms with van der Waals surface area (Å²) in [5, 5.41) is 23.8. The summed E-state index contributed by atoms with van der Waals surface area (Å²) in [7, 11) is 1.56. The molecule has 2 N–H and O–H groups in total. The molecule has 2 unspecified atom stereocenters. The molecule has 2 aliphatic heterocycles. The number of nitrogens with zero attached hydrogens (tertiary/aromatic N) is 1. The zero-order valence-corrected chi connectivity index (χ0v) is 11.7. The molecule has 0 spiro atoms. The zero-order chi connectivity index (χ0) is 14.2. The lowest BCUT2D eigenvalue weighted by Gasteiger charge is -2.45. The predicted molar refractivity (Wildman–Crippen MR) is 75.4 cm³/mol. The quantitative estimate of drug-likeness (QED) is 0.865. The third-order valence-electron chi connectivity index (χ3n) is 4.60. The van der Waals surface area contributed by atoms with E-state index in [1.165, 1.54) is 6.42 Å². The number of hydrogen-bond donors (Lipinski definition) is 2. The Morgan fingerprint density at radius 1 is 1.35 bits per heavy atom. The Kier molecular flexibility index (Phi) is 3.41. The van der Waals surface area contributed by atoms with Gasteiger partial charge in [0.1, 0.15) is 11.8 Å². The van der Waals surface area contributed by atoms with Gasteiger partial charge in [0.15, 0.2) is 0 Å². The van der Waals surface area contributed by atoms with Crippen molar-refractivity contribution < 1.29 is 9.84 Å². The first-order chi connectivity index (χ1) is 9.64. The van der Waals surface area contributed by atoms with E-state index >= 15 is 0 Å². The number of hydrogen-bond acceptors (Lipinski definition) is 4. The largest absolute Gasteiger partial charge is 0.495 e. The highest BCUT2D eigenvalue weighted by Gasteiger charge is 2.41. The van der Waals surface area contributed by atoms with E-state index in [0.29, 0.717) is 23.4 Å². The molecule has 4 heteroatoms. The van der Waals surface area contributed by atoms with Crippen molar-refractivity contribution in [3.63, 3.8) is 0 Å². The van der Waals surface area contributed by atoms with E-state index in [0.717, 1.165) is 31.2 Å². The van der Waals surface area contributed by atoms with Crippen LogP contribution >= 0.6 is 0 Å². The number of nitriles is 1. The lowest BCUT2D eigenvalue weighted by atomic mass is 9.74. The van der Waals surface area contributed by atoms with Crippen LogP contribution in [0.15, 0.2) is 18.2 Å². The second-order valence-corrected chi connectivity index (χ2v) is 5.96. The normalized spacial score (nSPS) is 32.5. The number of ether oxygens (including phenoxy) is 1. The van der Waals surface area contributed by atoms with Crippen molar-refractivity contribution in [3.8, 4) is 11.8 Å². The number of piperidine rings is 2. The van der Waals surface area contributed by atoms with Crippen molar-refractivity contribution in [1.29, 1.82) is 5.26 Å². The lowest BCUT2D eigenvalue weighted by Crippen LogP contribution is -2.54. The molecule has 0 amide bonds. The molecule has 2 heterocycles. The van der Waals surface area contributed by atoms with Crippen LogP contribution in [0.5, 0.6) is 5.75 Å². The number of rotatable bonds is 2. The van der Waals surface area contributed by atoms with Crippen molar-refractivity contribution in [3.05, 3.63) is 29.3 Å². The Bertz CT molecular complexity index is 538. The third kappa shape index (κ3) is 2.28. The summed E-state index contributed by atoms with van der Waals surface area (Å²) in [5.41, 5.74) is 0.508. The fourth-order valence-electron chi connectivity index (χ4n) is 3.65. The van der Waals surface area contributed by atoms with Gasteiger partial charge in [-0.2, -0.15) is 5.26 Å². The summed E-state index contributed by atoms with van der Waals surface area (Å²) in [4.78, 5) is 0. The summed E-state index contributed by atoms with van der Waals surface area (Å²) >= 11 is 0. The fourth-order valence-corrected chi connectivity index (χ4v) is 3.65. The van der Waals surface area contributed by atoms with Crippen LogP contribution in [0.2, 0.25) is 0 Å². The number of nitrogens with one attached hydrogen (secondary N) is 1. The topological polar surface area (TPSA) is 65.3 Å². The minimum absolute atomic E-state index is 0.389. The first-order valence-corrected chi connectivity index (χ1v) is 7.22. The summed E-state index contributed by atoms with van der Waals surface area (Å²) in [6, 6.07) is 8.37. The minimum Gasteiger partial charge on any atom is -0.495 e. The van der Waals surface area contributed by atoms with E-state index in [2.05, 4.69) is 11.4 Å². The average Bonchev–Trinajstić information content (AvgIpc) is 2.46. The number of fused-ring (bicyclic) bond motifs is 2. The van der Waals surface area contributed by atoms with Crippen LogP contribution in [0, 0.1) is 11.3 Å². The molecule has 20 heavy (non-hydrogen) atoms. The predicted octanol–water partition coefficient (Wildman–Crippen LogP) is 2.06. The molecule has 3 rings (SSSR count). The molecule has 0 saturated carbocycles. The third-order valence-corrected chi connectivity index (χ3v) is 4.60. The van der Waals surface area contributed by atoms with E-state index in [9.17, 15) is 10.4 Å². The molecular formula is C16H20N2O2. The SMILES string of the molecule is COc1ccc(C2(O)CC3CCCC(C2)N3)cc1C#N. The molecule has 1 aromatic carbocycles. The van der Waals surface area contributed by atoms with Crippen molar-refractivity contribution >= 4 is 0 Å². The summed E-state index contributed by atoms with van der Waals surface area (Å²) in [5.74, 6) is 0.564. The molecule has 0 aliphatic carbocycles. The smallest absolute Gasteiger partial charge is 0.136 e. The molecule has 4 nitrogen and oxygen atoms in total. The molecule has 2 atom stereocenters. The Morgan fingerprint density at radius 3 is 2.65 bits per heavy atom. The number of methoxy groups -OCH3 is 1. The second kappa shape index (κ2) is 5.08. The van der Waals surface area contributed by atoms with Gasteiger partial charge in [-0.15, -0.1) is 0 Å². The Morgan fingerprint density at radius 2 is 2.05 bits per heavy atom. The molecular weight excluding hydrogens is 252 g/mol.